The van der Waals surface area contributed by atoms with E-state index in [1.165, 1.54) is 6.33 Å². The summed E-state index contributed by atoms with van der Waals surface area (Å²) in [6.45, 7) is 1.74. The van der Waals surface area contributed by atoms with Crippen LogP contribution in [0.3, 0.4) is 0 Å². The third-order valence-corrected chi connectivity index (χ3v) is 3.48. The van der Waals surface area contributed by atoms with Crippen LogP contribution in [0.25, 0.3) is 0 Å². The van der Waals surface area contributed by atoms with Gasteiger partial charge in [0.25, 0.3) is 5.56 Å². The molecule has 1 heterocycles. The summed E-state index contributed by atoms with van der Waals surface area (Å²) in [6, 6.07) is 0. The minimum Gasteiger partial charge on any atom is -0.480 e. The van der Waals surface area contributed by atoms with Gasteiger partial charge in [0.05, 0.1) is 6.33 Å². The first-order valence-corrected chi connectivity index (χ1v) is 5.44. The molecule has 5 nitrogen and oxygen atoms in total. The van der Waals surface area contributed by atoms with Crippen molar-refractivity contribution in [1.29, 1.82) is 0 Å². The molecule has 0 spiro atoms. The number of hydrogen-bond acceptors (Lipinski definition) is 4. The molecule has 0 aliphatic heterocycles. The van der Waals surface area contributed by atoms with Crippen LogP contribution in [0.2, 0.25) is 5.02 Å². The van der Waals surface area contributed by atoms with Gasteiger partial charge < -0.3 is 10.1 Å². The van der Waals surface area contributed by atoms with Gasteiger partial charge >= 0.3 is 5.97 Å². The lowest BCUT2D eigenvalue weighted by Gasteiger charge is -2.08. The van der Waals surface area contributed by atoms with Crippen molar-refractivity contribution in [3.8, 4) is 0 Å². The molecule has 0 aliphatic carbocycles. The first kappa shape index (κ1) is 12.1. The fourth-order valence-corrected chi connectivity index (χ4v) is 1.98. The van der Waals surface area contributed by atoms with Gasteiger partial charge in [-0.1, -0.05) is 30.3 Å². The molecule has 82 valence electrons. The van der Waals surface area contributed by atoms with E-state index < -0.39 is 16.8 Å². The van der Waals surface area contributed by atoms with E-state index in [2.05, 4.69) is 9.97 Å². The van der Waals surface area contributed by atoms with E-state index in [-0.39, 0.29) is 10.0 Å². The highest BCUT2D eigenvalue weighted by atomic mass is 35.5. The number of carboxylic acid groups (broad SMARTS) is 1. The molecule has 1 rings (SSSR count). The van der Waals surface area contributed by atoms with Crippen LogP contribution in [-0.2, 0) is 4.79 Å². The van der Waals surface area contributed by atoms with E-state index in [9.17, 15) is 9.59 Å². The number of halogens is 1. The Labute approximate surface area is 94.9 Å². The fourth-order valence-electron chi connectivity index (χ4n) is 0.892. The van der Waals surface area contributed by atoms with E-state index >= 15 is 0 Å². The van der Waals surface area contributed by atoms with Crippen LogP contribution >= 0.6 is 23.4 Å². The van der Waals surface area contributed by atoms with Gasteiger partial charge in [0.15, 0.2) is 0 Å². The number of carboxylic acids is 1. The summed E-state index contributed by atoms with van der Waals surface area (Å²) in [5, 5.41) is 8.35. The highest BCUT2D eigenvalue weighted by molar-refractivity contribution is 8.00. The van der Waals surface area contributed by atoms with Crippen LogP contribution in [0.15, 0.2) is 16.1 Å². The molecule has 0 aliphatic rings. The molecule has 0 saturated heterocycles. The van der Waals surface area contributed by atoms with Crippen molar-refractivity contribution in [2.45, 2.75) is 23.6 Å². The third kappa shape index (κ3) is 2.97. The number of nitrogens with one attached hydrogen (secondary N) is 1. The Hall–Kier alpha value is -1.01. The molecule has 1 atom stereocenters. The Morgan fingerprint density at radius 2 is 2.47 bits per heavy atom. The van der Waals surface area contributed by atoms with Crippen LogP contribution < -0.4 is 5.56 Å². The third-order valence-electron chi connectivity index (χ3n) is 1.66. The zero-order valence-corrected chi connectivity index (χ0v) is 9.43. The molecular formula is C8H9ClN2O3S. The first-order chi connectivity index (χ1) is 7.06. The summed E-state index contributed by atoms with van der Waals surface area (Å²) in [5.41, 5.74) is -0.464. The molecule has 1 unspecified atom stereocenters. The topological polar surface area (TPSA) is 83.0 Å². The van der Waals surface area contributed by atoms with Gasteiger partial charge in [-0.2, -0.15) is 0 Å². The molecule has 0 bridgehead atoms. The van der Waals surface area contributed by atoms with E-state index in [4.69, 9.17) is 16.7 Å². The van der Waals surface area contributed by atoms with E-state index in [0.29, 0.717) is 6.42 Å². The summed E-state index contributed by atoms with van der Waals surface area (Å²) in [5.74, 6) is -0.944. The maximum atomic E-state index is 11.1. The SMILES string of the molecule is CCC(Sc1nc[nH]c(=O)c1Cl)C(=O)O. The van der Waals surface area contributed by atoms with Crippen LogP contribution in [0.1, 0.15) is 13.3 Å². The van der Waals surface area contributed by atoms with Crippen molar-refractivity contribution in [2.24, 2.45) is 0 Å². The van der Waals surface area contributed by atoms with Gasteiger partial charge in [-0.3, -0.25) is 9.59 Å². The average Bonchev–Trinajstić information content (AvgIpc) is 2.19. The Morgan fingerprint density at radius 1 is 1.80 bits per heavy atom. The maximum Gasteiger partial charge on any atom is 0.317 e. The normalized spacial score (nSPS) is 12.4. The van der Waals surface area contributed by atoms with Gasteiger partial charge in [-0.25, -0.2) is 4.98 Å². The Kier molecular flexibility index (Phi) is 4.16. The van der Waals surface area contributed by atoms with Crippen molar-refractivity contribution in [1.82, 2.24) is 9.97 Å². The fraction of sp³-hybridized carbons (Fsp3) is 0.375. The molecule has 2 N–H and O–H groups in total. The molecule has 0 saturated carbocycles. The van der Waals surface area contributed by atoms with Crippen molar-refractivity contribution in [2.75, 3.05) is 0 Å². The minimum atomic E-state index is -0.944. The summed E-state index contributed by atoms with van der Waals surface area (Å²) in [6.07, 6.45) is 1.63. The molecular weight excluding hydrogens is 240 g/mol. The van der Waals surface area contributed by atoms with Crippen LogP contribution in [-0.4, -0.2) is 26.3 Å². The number of carbonyl (C=O) groups is 1. The second kappa shape index (κ2) is 5.18. The van der Waals surface area contributed by atoms with Crippen LogP contribution in [0, 0.1) is 0 Å². The monoisotopic (exact) mass is 248 g/mol. The van der Waals surface area contributed by atoms with Gasteiger partial charge in [0.2, 0.25) is 0 Å². The zero-order chi connectivity index (χ0) is 11.4. The number of aliphatic carboxylic acids is 1. The van der Waals surface area contributed by atoms with Crippen molar-refractivity contribution >= 4 is 29.3 Å². The molecule has 0 aromatic carbocycles. The summed E-state index contributed by atoms with van der Waals surface area (Å²) >= 11 is 6.65. The zero-order valence-electron chi connectivity index (χ0n) is 7.86. The highest BCUT2D eigenvalue weighted by Crippen LogP contribution is 2.27. The standard InChI is InChI=1S/C8H9ClN2O3S/c1-2-4(8(13)14)15-7-5(9)6(12)10-3-11-7/h3-4H,2H2,1H3,(H,13,14)(H,10,11,12). The quantitative estimate of drug-likeness (QED) is 0.621. The lowest BCUT2D eigenvalue weighted by Crippen LogP contribution is -2.16. The van der Waals surface area contributed by atoms with Crippen molar-refractivity contribution in [3.63, 3.8) is 0 Å². The predicted octanol–water partition coefficient (Wildman–Crippen LogP) is 1.38. The average molecular weight is 249 g/mol. The number of aromatic amines is 1. The number of aromatic nitrogens is 2. The van der Waals surface area contributed by atoms with Gasteiger partial charge in [0.1, 0.15) is 15.3 Å². The second-order valence-electron chi connectivity index (χ2n) is 2.70. The Balaban J connectivity index is 2.93. The predicted molar refractivity (Wildman–Crippen MR) is 57.4 cm³/mol. The Bertz CT molecular complexity index is 421. The van der Waals surface area contributed by atoms with Crippen LogP contribution in [0.4, 0.5) is 0 Å². The molecule has 0 fully saturated rings. The lowest BCUT2D eigenvalue weighted by atomic mass is 10.3. The van der Waals surface area contributed by atoms with Gasteiger partial charge in [0, 0.05) is 0 Å². The maximum absolute atomic E-state index is 11.1. The molecule has 0 radical (unpaired) electrons. The molecule has 7 heteroatoms. The van der Waals surface area contributed by atoms with E-state index in [0.717, 1.165) is 11.8 Å². The van der Waals surface area contributed by atoms with Crippen molar-refractivity contribution in [3.05, 3.63) is 21.7 Å². The summed E-state index contributed by atoms with van der Waals surface area (Å²) in [4.78, 5) is 28.0. The molecule has 1 aromatic rings. The number of hydrogen-bond donors (Lipinski definition) is 2. The smallest absolute Gasteiger partial charge is 0.317 e. The van der Waals surface area contributed by atoms with Gasteiger partial charge in [-0.05, 0) is 6.42 Å². The highest BCUT2D eigenvalue weighted by Gasteiger charge is 2.19. The number of H-pyrrole nitrogens is 1. The minimum absolute atomic E-state index is 0.0674. The second-order valence-corrected chi connectivity index (χ2v) is 4.27. The Morgan fingerprint density at radius 3 is 3.00 bits per heavy atom. The number of nitrogens with zero attached hydrogens (tertiary/aromatic N) is 1. The van der Waals surface area contributed by atoms with E-state index in [1.807, 2.05) is 0 Å². The summed E-state index contributed by atoms with van der Waals surface area (Å²) < 4.78 is 0. The lowest BCUT2D eigenvalue weighted by molar-refractivity contribution is -0.136. The molecule has 15 heavy (non-hydrogen) atoms. The summed E-state index contributed by atoms with van der Waals surface area (Å²) in [7, 11) is 0. The molecule has 1 aromatic heterocycles. The van der Waals surface area contributed by atoms with Crippen molar-refractivity contribution < 1.29 is 9.90 Å². The number of thioether (sulfide) groups is 1. The molecule has 0 amide bonds. The largest absolute Gasteiger partial charge is 0.480 e. The van der Waals surface area contributed by atoms with Crippen LogP contribution in [0.5, 0.6) is 0 Å². The number of rotatable bonds is 4. The first-order valence-electron chi connectivity index (χ1n) is 4.19. The van der Waals surface area contributed by atoms with E-state index in [1.54, 1.807) is 6.92 Å². The van der Waals surface area contributed by atoms with Gasteiger partial charge in [-0.15, -0.1) is 0 Å².